The molecule has 2 aliphatic rings. The van der Waals surface area contributed by atoms with Gasteiger partial charge in [-0.05, 0) is 5.56 Å². The van der Waals surface area contributed by atoms with Crippen molar-refractivity contribution in [2.45, 2.75) is 116 Å². The first-order valence-electron chi connectivity index (χ1n) is 16.0. The molecule has 2 heterocycles. The third-order valence-corrected chi connectivity index (χ3v) is 7.12. The Hall–Kier alpha value is -4.69. The second kappa shape index (κ2) is 19.2. The number of carbonyl (C=O) groups is 7. The normalized spacial score (nSPS) is 26.5. The van der Waals surface area contributed by atoms with Crippen LogP contribution in [0.5, 0.6) is 0 Å². The van der Waals surface area contributed by atoms with Crippen LogP contribution in [0.4, 0.5) is 0 Å². The lowest BCUT2D eigenvalue weighted by Gasteiger charge is -2.48. The second-order valence-corrected chi connectivity index (χ2v) is 11.6. The van der Waals surface area contributed by atoms with Crippen LogP contribution in [0.3, 0.4) is 0 Å². The zero-order valence-electron chi connectivity index (χ0n) is 29.6. The summed E-state index contributed by atoms with van der Waals surface area (Å²) >= 11 is 0. The Balaban J connectivity index is 2.08. The Morgan fingerprint density at radius 1 is 0.635 bits per heavy atom. The van der Waals surface area contributed by atoms with Crippen molar-refractivity contribution in [3.05, 3.63) is 35.9 Å². The van der Waals surface area contributed by atoms with Crippen LogP contribution in [0.25, 0.3) is 0 Å². The van der Waals surface area contributed by atoms with E-state index < -0.39 is 116 Å². The highest BCUT2D eigenvalue weighted by molar-refractivity contribution is 5.70. The van der Waals surface area contributed by atoms with E-state index >= 15 is 0 Å². The highest BCUT2D eigenvalue weighted by Gasteiger charge is 2.60. The van der Waals surface area contributed by atoms with E-state index in [1.165, 1.54) is 0 Å². The minimum atomic E-state index is -2.41. The zero-order valence-corrected chi connectivity index (χ0v) is 29.6. The Labute approximate surface area is 298 Å². The fraction of sp³-hybridized carbons (Fsp3) is 0.606. The van der Waals surface area contributed by atoms with Crippen molar-refractivity contribution in [1.82, 2.24) is 0 Å². The monoisotopic (exact) mass is 742 g/mol. The number of benzene rings is 1. The van der Waals surface area contributed by atoms with Crippen LogP contribution < -0.4 is 0 Å². The molecule has 3 rings (SSSR count). The molecule has 0 saturated carbocycles. The molecule has 19 heteroatoms. The van der Waals surface area contributed by atoms with Crippen molar-refractivity contribution in [3.63, 3.8) is 0 Å². The molecule has 0 spiro atoms. The summed E-state index contributed by atoms with van der Waals surface area (Å²) in [7, 11) is 0. The lowest BCUT2D eigenvalue weighted by atomic mass is 9.96. The molecule has 2 fully saturated rings. The minimum absolute atomic E-state index is 0.129. The molecule has 0 N–H and O–H groups in total. The molecule has 1 aromatic carbocycles. The molecule has 8 atom stereocenters. The fourth-order valence-corrected chi connectivity index (χ4v) is 5.33. The van der Waals surface area contributed by atoms with Gasteiger partial charge in [0.1, 0.15) is 32.0 Å². The SMILES string of the molecule is CC(=O)OCC1OC(OOCc2ccccc2)C(OC(C)=O)(OC(C)=O)CC1OC1OC(COC(C)=O)C(OC(C)=O)C(OC(C)=O)C1OC(C)=O. The number of ether oxygens (including phenoxy) is 10. The number of rotatable bonds is 15. The molecule has 0 bridgehead atoms. The Kier molecular flexibility index (Phi) is 15.4. The van der Waals surface area contributed by atoms with Crippen LogP contribution in [0.2, 0.25) is 0 Å². The Morgan fingerprint density at radius 3 is 1.67 bits per heavy atom. The zero-order chi connectivity index (χ0) is 38.6. The van der Waals surface area contributed by atoms with Gasteiger partial charge >= 0.3 is 47.6 Å². The molecule has 288 valence electrons. The van der Waals surface area contributed by atoms with Crippen molar-refractivity contribution >= 4 is 41.8 Å². The first kappa shape index (κ1) is 41.7. The van der Waals surface area contributed by atoms with Crippen LogP contribution in [-0.4, -0.2) is 110 Å². The molecule has 0 radical (unpaired) electrons. The van der Waals surface area contributed by atoms with Crippen molar-refractivity contribution in [2.24, 2.45) is 0 Å². The highest BCUT2D eigenvalue weighted by Crippen LogP contribution is 2.39. The van der Waals surface area contributed by atoms with Crippen LogP contribution >= 0.6 is 0 Å². The van der Waals surface area contributed by atoms with Gasteiger partial charge in [-0.25, -0.2) is 4.89 Å². The van der Waals surface area contributed by atoms with Gasteiger partial charge in [-0.1, -0.05) is 30.3 Å². The van der Waals surface area contributed by atoms with Crippen LogP contribution in [-0.2, 0) is 97.3 Å². The molecule has 0 amide bonds. The standard InChI is InChI=1S/C33H42O19/c1-17(34)41-15-26-25(13-33(50-22(6)39,51-23(7)40)32(49-26)52-43-14-24-11-9-8-10-12-24)47-31-30(46-21(5)38)29(45-20(4)37)28(44-19(3)36)27(48-31)16-42-18(2)35/h8-12,25-32H,13-16H2,1-7H3. The van der Waals surface area contributed by atoms with E-state index in [0.717, 1.165) is 48.5 Å². The number of hydrogen-bond donors (Lipinski definition) is 0. The van der Waals surface area contributed by atoms with Gasteiger partial charge < -0.3 is 47.4 Å². The maximum atomic E-state index is 12.5. The maximum Gasteiger partial charge on any atom is 0.313 e. The van der Waals surface area contributed by atoms with Crippen LogP contribution in [0.15, 0.2) is 30.3 Å². The predicted molar refractivity (Wildman–Crippen MR) is 165 cm³/mol. The van der Waals surface area contributed by atoms with Crippen molar-refractivity contribution in [2.75, 3.05) is 13.2 Å². The fourth-order valence-electron chi connectivity index (χ4n) is 5.33. The van der Waals surface area contributed by atoms with Gasteiger partial charge in [-0.15, -0.1) is 0 Å². The van der Waals surface area contributed by atoms with E-state index in [0.29, 0.717) is 5.56 Å². The summed E-state index contributed by atoms with van der Waals surface area (Å²) in [6.07, 6.45) is -13.1. The van der Waals surface area contributed by atoms with Crippen LogP contribution in [0.1, 0.15) is 60.5 Å². The molecular weight excluding hydrogens is 700 g/mol. The van der Waals surface area contributed by atoms with E-state index in [-0.39, 0.29) is 6.61 Å². The Morgan fingerprint density at radius 2 is 1.15 bits per heavy atom. The van der Waals surface area contributed by atoms with Gasteiger partial charge in [-0.3, -0.25) is 33.6 Å². The van der Waals surface area contributed by atoms with Gasteiger partial charge in [0.15, 0.2) is 24.6 Å². The first-order valence-corrected chi connectivity index (χ1v) is 16.0. The lowest BCUT2D eigenvalue weighted by molar-refractivity contribution is -0.472. The summed E-state index contributed by atoms with van der Waals surface area (Å²) in [5, 5.41) is 0. The molecule has 8 unspecified atom stereocenters. The molecule has 1 aromatic rings. The van der Waals surface area contributed by atoms with Gasteiger partial charge in [0, 0.05) is 48.5 Å². The van der Waals surface area contributed by atoms with Crippen molar-refractivity contribution in [3.8, 4) is 0 Å². The summed E-state index contributed by atoms with van der Waals surface area (Å²) in [5.41, 5.74) is 0.671. The molecule has 0 aromatic heterocycles. The molecule has 2 saturated heterocycles. The first-order chi connectivity index (χ1) is 24.5. The molecule has 19 nitrogen and oxygen atoms in total. The molecular formula is C33H42O19. The van der Waals surface area contributed by atoms with Gasteiger partial charge in [0.05, 0.1) is 12.5 Å². The maximum absolute atomic E-state index is 12.5. The van der Waals surface area contributed by atoms with E-state index in [2.05, 4.69) is 0 Å². The van der Waals surface area contributed by atoms with Crippen molar-refractivity contribution < 1.29 is 90.7 Å². The largest absolute Gasteiger partial charge is 0.463 e. The second-order valence-electron chi connectivity index (χ2n) is 11.6. The third kappa shape index (κ3) is 12.5. The lowest BCUT2D eigenvalue weighted by Crippen LogP contribution is -2.66. The summed E-state index contributed by atoms with van der Waals surface area (Å²) in [6.45, 7) is 6.18. The molecule has 0 aliphatic carbocycles. The molecule has 52 heavy (non-hydrogen) atoms. The average molecular weight is 743 g/mol. The van der Waals surface area contributed by atoms with Crippen LogP contribution in [0, 0.1) is 0 Å². The van der Waals surface area contributed by atoms with E-state index in [1.54, 1.807) is 30.3 Å². The summed E-state index contributed by atoms with van der Waals surface area (Å²) in [5.74, 6) is -8.45. The topological polar surface area (TPSA) is 230 Å². The minimum Gasteiger partial charge on any atom is -0.463 e. The third-order valence-electron chi connectivity index (χ3n) is 7.12. The van der Waals surface area contributed by atoms with E-state index in [4.69, 9.17) is 57.1 Å². The highest BCUT2D eigenvalue weighted by atomic mass is 17.2. The predicted octanol–water partition coefficient (Wildman–Crippen LogP) is 1.10. The van der Waals surface area contributed by atoms with E-state index in [9.17, 15) is 33.6 Å². The quantitative estimate of drug-likeness (QED) is 0.0805. The number of carbonyl (C=O) groups excluding carboxylic acids is 7. The number of esters is 7. The number of hydrogen-bond acceptors (Lipinski definition) is 19. The van der Waals surface area contributed by atoms with Crippen molar-refractivity contribution in [1.29, 1.82) is 0 Å². The Bertz CT molecular complexity index is 1410. The van der Waals surface area contributed by atoms with Gasteiger partial charge in [0.25, 0.3) is 6.29 Å². The van der Waals surface area contributed by atoms with Gasteiger partial charge in [0.2, 0.25) is 0 Å². The average Bonchev–Trinajstić information content (AvgIpc) is 3.02. The summed E-state index contributed by atoms with van der Waals surface area (Å²) in [4.78, 5) is 96.2. The van der Waals surface area contributed by atoms with E-state index in [1.807, 2.05) is 0 Å². The summed E-state index contributed by atoms with van der Waals surface area (Å²) in [6, 6.07) is 8.76. The summed E-state index contributed by atoms with van der Waals surface area (Å²) < 4.78 is 56.0. The smallest absolute Gasteiger partial charge is 0.313 e. The van der Waals surface area contributed by atoms with Gasteiger partial charge in [-0.2, -0.15) is 4.89 Å². The molecule has 2 aliphatic heterocycles.